The zero-order valence-electron chi connectivity index (χ0n) is 9.62. The molecular formula is C13H18N2O. The van der Waals surface area contributed by atoms with Gasteiger partial charge in [0, 0.05) is 31.6 Å². The van der Waals surface area contributed by atoms with E-state index in [0.717, 1.165) is 31.9 Å². The normalized spacial score (nSPS) is 28.6. The zero-order valence-corrected chi connectivity index (χ0v) is 9.62. The molecule has 2 aliphatic rings. The van der Waals surface area contributed by atoms with Gasteiger partial charge in [-0.1, -0.05) is 12.1 Å². The quantitative estimate of drug-likeness (QED) is 0.744. The second-order valence-corrected chi connectivity index (χ2v) is 4.64. The van der Waals surface area contributed by atoms with Crippen molar-refractivity contribution in [1.29, 1.82) is 0 Å². The number of hydrogen-bond acceptors (Lipinski definition) is 3. The van der Waals surface area contributed by atoms with Crippen LogP contribution in [-0.4, -0.2) is 25.7 Å². The molecule has 2 unspecified atom stereocenters. The highest BCUT2D eigenvalue weighted by molar-refractivity contribution is 5.41. The Balaban J connectivity index is 1.88. The van der Waals surface area contributed by atoms with Gasteiger partial charge in [0.05, 0.1) is 6.61 Å². The summed E-state index contributed by atoms with van der Waals surface area (Å²) in [6.45, 7) is 5.18. The van der Waals surface area contributed by atoms with Crippen LogP contribution in [0.1, 0.15) is 24.1 Å². The minimum Gasteiger partial charge on any atom is -0.493 e. The Kier molecular flexibility index (Phi) is 2.58. The molecule has 0 aliphatic carbocycles. The van der Waals surface area contributed by atoms with Crippen molar-refractivity contribution < 1.29 is 4.74 Å². The van der Waals surface area contributed by atoms with Crippen molar-refractivity contribution >= 4 is 0 Å². The molecule has 0 amide bonds. The van der Waals surface area contributed by atoms with Crippen molar-refractivity contribution in [3.05, 3.63) is 29.3 Å². The first kappa shape index (κ1) is 10.1. The first-order chi connectivity index (χ1) is 7.84. The van der Waals surface area contributed by atoms with Crippen LogP contribution in [0.4, 0.5) is 0 Å². The van der Waals surface area contributed by atoms with Gasteiger partial charge in [-0.15, -0.1) is 0 Å². The van der Waals surface area contributed by atoms with E-state index >= 15 is 0 Å². The topological polar surface area (TPSA) is 33.3 Å². The lowest BCUT2D eigenvalue weighted by Crippen LogP contribution is -2.48. The second-order valence-electron chi connectivity index (χ2n) is 4.64. The molecule has 2 heterocycles. The van der Waals surface area contributed by atoms with Gasteiger partial charge in [-0.3, -0.25) is 0 Å². The fourth-order valence-electron chi connectivity index (χ4n) is 2.63. The Morgan fingerprint density at radius 1 is 1.25 bits per heavy atom. The summed E-state index contributed by atoms with van der Waals surface area (Å²) < 4.78 is 5.53. The molecule has 16 heavy (non-hydrogen) atoms. The molecule has 0 radical (unpaired) electrons. The smallest absolute Gasteiger partial charge is 0.122 e. The fourth-order valence-corrected chi connectivity index (χ4v) is 2.63. The van der Waals surface area contributed by atoms with Gasteiger partial charge in [0.2, 0.25) is 0 Å². The Bertz CT molecular complexity index is 392. The molecule has 2 atom stereocenters. The molecule has 2 N–H and O–H groups in total. The molecular weight excluding hydrogens is 200 g/mol. The van der Waals surface area contributed by atoms with Gasteiger partial charge in [0.25, 0.3) is 0 Å². The van der Waals surface area contributed by atoms with Gasteiger partial charge >= 0.3 is 0 Å². The molecule has 0 aromatic heterocycles. The van der Waals surface area contributed by atoms with Crippen molar-refractivity contribution in [2.45, 2.75) is 25.4 Å². The Morgan fingerprint density at radius 3 is 3.00 bits per heavy atom. The van der Waals surface area contributed by atoms with Crippen molar-refractivity contribution in [3.8, 4) is 5.75 Å². The zero-order chi connectivity index (χ0) is 11.0. The third kappa shape index (κ3) is 1.70. The van der Waals surface area contributed by atoms with Gasteiger partial charge in [-0.2, -0.15) is 0 Å². The average molecular weight is 218 g/mol. The monoisotopic (exact) mass is 218 g/mol. The van der Waals surface area contributed by atoms with Crippen molar-refractivity contribution in [2.24, 2.45) is 0 Å². The number of piperazine rings is 1. The molecule has 0 saturated carbocycles. The fraction of sp³-hybridized carbons (Fsp3) is 0.538. The maximum Gasteiger partial charge on any atom is 0.122 e. The number of nitrogens with one attached hydrogen (secondary N) is 2. The summed E-state index contributed by atoms with van der Waals surface area (Å²) in [6, 6.07) is 7.52. The molecule has 2 aliphatic heterocycles. The Morgan fingerprint density at radius 2 is 2.12 bits per heavy atom. The molecule has 3 heteroatoms. The van der Waals surface area contributed by atoms with Gasteiger partial charge in [-0.05, 0) is 24.1 Å². The molecule has 1 saturated heterocycles. The largest absolute Gasteiger partial charge is 0.493 e. The Labute approximate surface area is 96.2 Å². The van der Waals surface area contributed by atoms with Crippen LogP contribution in [0.5, 0.6) is 5.75 Å². The highest BCUT2D eigenvalue weighted by Gasteiger charge is 2.23. The summed E-state index contributed by atoms with van der Waals surface area (Å²) in [7, 11) is 0. The van der Waals surface area contributed by atoms with Crippen LogP contribution < -0.4 is 15.4 Å². The summed E-state index contributed by atoms with van der Waals surface area (Å²) in [5.41, 5.74) is 2.74. The predicted octanol–water partition coefficient (Wildman–Crippen LogP) is 1.24. The van der Waals surface area contributed by atoms with E-state index in [4.69, 9.17) is 4.74 Å². The molecule has 1 aromatic carbocycles. The van der Waals surface area contributed by atoms with Gasteiger partial charge in [0.15, 0.2) is 0 Å². The van der Waals surface area contributed by atoms with E-state index in [9.17, 15) is 0 Å². The number of benzene rings is 1. The van der Waals surface area contributed by atoms with Crippen LogP contribution in [-0.2, 0) is 6.42 Å². The first-order valence-electron chi connectivity index (χ1n) is 6.07. The summed E-state index contributed by atoms with van der Waals surface area (Å²) >= 11 is 0. The van der Waals surface area contributed by atoms with Gasteiger partial charge in [-0.25, -0.2) is 0 Å². The van der Waals surface area contributed by atoms with Crippen molar-refractivity contribution in [2.75, 3.05) is 19.7 Å². The van der Waals surface area contributed by atoms with Crippen LogP contribution in [0.15, 0.2) is 18.2 Å². The van der Waals surface area contributed by atoms with Gasteiger partial charge in [0.1, 0.15) is 5.75 Å². The first-order valence-corrected chi connectivity index (χ1v) is 6.07. The molecule has 0 spiro atoms. The van der Waals surface area contributed by atoms with Crippen LogP contribution in [0.3, 0.4) is 0 Å². The third-order valence-corrected chi connectivity index (χ3v) is 3.53. The van der Waals surface area contributed by atoms with E-state index in [1.54, 1.807) is 0 Å². The maximum absolute atomic E-state index is 5.53. The SMILES string of the molecule is CC1NCCNC1c1ccc2c(c1)CCO2. The van der Waals surface area contributed by atoms with E-state index < -0.39 is 0 Å². The van der Waals surface area contributed by atoms with E-state index in [1.165, 1.54) is 11.1 Å². The lowest BCUT2D eigenvalue weighted by Gasteiger charge is -2.31. The van der Waals surface area contributed by atoms with Crippen molar-refractivity contribution in [1.82, 2.24) is 10.6 Å². The number of rotatable bonds is 1. The van der Waals surface area contributed by atoms with Crippen molar-refractivity contribution in [3.63, 3.8) is 0 Å². The number of hydrogen-bond donors (Lipinski definition) is 2. The van der Waals surface area contributed by atoms with Gasteiger partial charge < -0.3 is 15.4 Å². The summed E-state index contributed by atoms with van der Waals surface area (Å²) in [4.78, 5) is 0. The standard InChI is InChI=1S/C13H18N2O/c1-9-13(15-6-5-14-9)11-2-3-12-10(8-11)4-7-16-12/h2-3,8-9,13-15H,4-7H2,1H3. The lowest BCUT2D eigenvalue weighted by atomic mass is 9.96. The van der Waals surface area contributed by atoms with Crippen LogP contribution in [0.25, 0.3) is 0 Å². The second kappa shape index (κ2) is 4.07. The minimum atomic E-state index is 0.430. The lowest BCUT2D eigenvalue weighted by molar-refractivity contribution is 0.345. The molecule has 3 nitrogen and oxygen atoms in total. The maximum atomic E-state index is 5.53. The highest BCUT2D eigenvalue weighted by Crippen LogP contribution is 2.29. The van der Waals surface area contributed by atoms with Crippen LogP contribution >= 0.6 is 0 Å². The third-order valence-electron chi connectivity index (χ3n) is 3.53. The van der Waals surface area contributed by atoms with E-state index in [1.807, 2.05) is 0 Å². The number of fused-ring (bicyclic) bond motifs is 1. The summed E-state index contributed by atoms with van der Waals surface area (Å²) in [5.74, 6) is 1.07. The van der Waals surface area contributed by atoms with E-state index in [2.05, 4.69) is 35.8 Å². The van der Waals surface area contributed by atoms with E-state index in [-0.39, 0.29) is 0 Å². The van der Waals surface area contributed by atoms with Crippen LogP contribution in [0.2, 0.25) is 0 Å². The molecule has 86 valence electrons. The molecule has 3 rings (SSSR count). The molecule has 1 aromatic rings. The van der Waals surface area contributed by atoms with Crippen LogP contribution in [0, 0.1) is 0 Å². The molecule has 1 fully saturated rings. The Hall–Kier alpha value is -1.06. The average Bonchev–Trinajstić information content (AvgIpc) is 2.76. The highest BCUT2D eigenvalue weighted by atomic mass is 16.5. The predicted molar refractivity (Wildman–Crippen MR) is 63.8 cm³/mol. The summed E-state index contributed by atoms with van der Waals surface area (Å²) in [6.07, 6.45) is 1.05. The van der Waals surface area contributed by atoms with E-state index in [0.29, 0.717) is 12.1 Å². The summed E-state index contributed by atoms with van der Waals surface area (Å²) in [5, 5.41) is 7.08. The number of ether oxygens (including phenoxy) is 1. The minimum absolute atomic E-state index is 0.430. The molecule has 0 bridgehead atoms.